The fraction of sp³-hybridized carbons (Fsp3) is 0.167. The molecule has 0 aliphatic carbocycles. The van der Waals surface area contributed by atoms with Gasteiger partial charge in [0.15, 0.2) is 11.0 Å². The summed E-state index contributed by atoms with van der Waals surface area (Å²) in [5, 5.41) is 9.35. The summed E-state index contributed by atoms with van der Waals surface area (Å²) in [5.41, 5.74) is 2.50. The molecule has 0 spiro atoms. The number of hydrogen-bond acceptors (Lipinski definition) is 5. The fourth-order valence-electron chi connectivity index (χ4n) is 3.10. The van der Waals surface area contributed by atoms with Gasteiger partial charge in [-0.2, -0.15) is 17.6 Å². The number of halogens is 4. The topological polar surface area (TPSA) is 49.2 Å². The van der Waals surface area contributed by atoms with Crippen LogP contribution in [-0.2, 0) is 5.75 Å². The minimum Gasteiger partial charge on any atom is -0.497 e. The summed E-state index contributed by atoms with van der Waals surface area (Å²) in [4.78, 5) is 0. The summed E-state index contributed by atoms with van der Waals surface area (Å²) in [7, 11) is 1.60. The van der Waals surface area contributed by atoms with E-state index in [0.29, 0.717) is 16.7 Å². The van der Waals surface area contributed by atoms with Gasteiger partial charge in [0, 0.05) is 17.0 Å². The Morgan fingerprint density at radius 2 is 1.53 bits per heavy atom. The maximum atomic E-state index is 13.1. The van der Waals surface area contributed by atoms with Crippen LogP contribution in [-0.4, -0.2) is 34.4 Å². The normalized spacial score (nSPS) is 11.6. The van der Waals surface area contributed by atoms with Gasteiger partial charge in [-0.25, -0.2) is 0 Å². The van der Waals surface area contributed by atoms with Crippen molar-refractivity contribution in [2.45, 2.75) is 23.4 Å². The lowest BCUT2D eigenvalue weighted by atomic mass is 10.2. The van der Waals surface area contributed by atoms with Crippen molar-refractivity contribution >= 4 is 11.8 Å². The molecule has 0 saturated heterocycles. The second-order valence-corrected chi connectivity index (χ2v) is 8.05. The van der Waals surface area contributed by atoms with Crippen LogP contribution in [0.2, 0.25) is 0 Å². The van der Waals surface area contributed by atoms with Gasteiger partial charge in [-0.15, -0.1) is 10.2 Å². The minimum absolute atomic E-state index is 0.340. The monoisotopic (exact) mass is 489 g/mol. The first kappa shape index (κ1) is 23.6. The van der Waals surface area contributed by atoms with E-state index in [0.717, 1.165) is 22.6 Å². The van der Waals surface area contributed by atoms with E-state index in [9.17, 15) is 17.6 Å². The predicted molar refractivity (Wildman–Crippen MR) is 121 cm³/mol. The highest BCUT2D eigenvalue weighted by molar-refractivity contribution is 7.98. The third-order valence-electron chi connectivity index (χ3n) is 4.80. The van der Waals surface area contributed by atoms with Crippen LogP contribution in [0.3, 0.4) is 0 Å². The van der Waals surface area contributed by atoms with Crippen molar-refractivity contribution in [1.29, 1.82) is 0 Å². The van der Waals surface area contributed by atoms with Crippen LogP contribution in [0.5, 0.6) is 11.5 Å². The van der Waals surface area contributed by atoms with Gasteiger partial charge < -0.3 is 9.47 Å². The molecule has 0 saturated carbocycles. The standard InChI is InChI=1S/C24H19F4N3O2S/c1-32-19-13-9-17(10-14-19)21-29-30-23(31(21)18-5-3-2-4-6-18)34-15-16-7-11-20(12-8-16)33-24(27,28)22(25)26/h2-14,22H,15H2,1H3. The van der Waals surface area contributed by atoms with Crippen molar-refractivity contribution in [3.8, 4) is 28.6 Å². The first-order valence-corrected chi connectivity index (χ1v) is 11.1. The molecule has 0 fully saturated rings. The number of rotatable bonds is 9. The van der Waals surface area contributed by atoms with Gasteiger partial charge >= 0.3 is 12.5 Å². The van der Waals surface area contributed by atoms with Crippen LogP contribution in [0.1, 0.15) is 5.56 Å². The molecule has 0 aliphatic rings. The van der Waals surface area contributed by atoms with E-state index in [4.69, 9.17) is 4.74 Å². The summed E-state index contributed by atoms with van der Waals surface area (Å²) in [6.07, 6.45) is -8.45. The molecule has 1 heterocycles. The quantitative estimate of drug-likeness (QED) is 0.199. The Hall–Kier alpha value is -3.53. The lowest BCUT2D eigenvalue weighted by Gasteiger charge is -2.16. The number of para-hydroxylation sites is 1. The van der Waals surface area contributed by atoms with Gasteiger partial charge in [0.2, 0.25) is 0 Å². The lowest BCUT2D eigenvalue weighted by molar-refractivity contribution is -0.253. The summed E-state index contributed by atoms with van der Waals surface area (Å²) in [6.45, 7) is 0. The molecular formula is C24H19F4N3O2S. The molecule has 34 heavy (non-hydrogen) atoms. The smallest absolute Gasteiger partial charge is 0.461 e. The molecule has 0 radical (unpaired) electrons. The van der Waals surface area contributed by atoms with Crippen molar-refractivity contribution in [3.05, 3.63) is 84.4 Å². The van der Waals surface area contributed by atoms with E-state index in [1.54, 1.807) is 7.11 Å². The molecule has 0 amide bonds. The number of nitrogens with zero attached hydrogens (tertiary/aromatic N) is 3. The van der Waals surface area contributed by atoms with E-state index in [-0.39, 0.29) is 5.75 Å². The first-order valence-electron chi connectivity index (χ1n) is 10.1. The van der Waals surface area contributed by atoms with E-state index in [2.05, 4.69) is 14.9 Å². The Balaban J connectivity index is 1.56. The van der Waals surface area contributed by atoms with Crippen LogP contribution < -0.4 is 9.47 Å². The number of hydrogen-bond donors (Lipinski definition) is 0. The first-order chi connectivity index (χ1) is 16.4. The summed E-state index contributed by atoms with van der Waals surface area (Å²) in [6, 6.07) is 22.6. The summed E-state index contributed by atoms with van der Waals surface area (Å²) < 4.78 is 62.1. The summed E-state index contributed by atoms with van der Waals surface area (Å²) in [5.74, 6) is 1.48. The minimum atomic E-state index is -4.54. The molecule has 5 nitrogen and oxygen atoms in total. The Morgan fingerprint density at radius 1 is 0.882 bits per heavy atom. The maximum Gasteiger partial charge on any atom is 0.461 e. The van der Waals surface area contributed by atoms with Crippen molar-refractivity contribution in [3.63, 3.8) is 0 Å². The van der Waals surface area contributed by atoms with Gasteiger partial charge in [0.25, 0.3) is 0 Å². The fourth-order valence-corrected chi connectivity index (χ4v) is 4.01. The van der Waals surface area contributed by atoms with Crippen molar-refractivity contribution < 1.29 is 27.0 Å². The number of alkyl halides is 4. The third-order valence-corrected chi connectivity index (χ3v) is 5.80. The van der Waals surface area contributed by atoms with Crippen LogP contribution in [0, 0.1) is 0 Å². The van der Waals surface area contributed by atoms with Gasteiger partial charge in [0.05, 0.1) is 7.11 Å². The van der Waals surface area contributed by atoms with Gasteiger partial charge in [-0.05, 0) is 54.1 Å². The van der Waals surface area contributed by atoms with Gasteiger partial charge in [-0.3, -0.25) is 4.57 Å². The molecule has 4 aromatic rings. The number of thioether (sulfide) groups is 1. The maximum absolute atomic E-state index is 13.1. The lowest BCUT2D eigenvalue weighted by Crippen LogP contribution is -2.33. The number of aromatic nitrogens is 3. The largest absolute Gasteiger partial charge is 0.497 e. The number of ether oxygens (including phenoxy) is 2. The van der Waals surface area contributed by atoms with Crippen molar-refractivity contribution in [2.75, 3.05) is 7.11 Å². The van der Waals surface area contributed by atoms with Crippen LogP contribution in [0.25, 0.3) is 17.1 Å². The highest BCUT2D eigenvalue weighted by Gasteiger charge is 2.43. The molecule has 10 heteroatoms. The Labute approximate surface area is 197 Å². The molecular weight excluding hydrogens is 470 g/mol. The Kier molecular flexibility index (Phi) is 7.06. The Morgan fingerprint density at radius 3 is 2.15 bits per heavy atom. The average Bonchev–Trinajstić information content (AvgIpc) is 3.28. The second-order valence-electron chi connectivity index (χ2n) is 7.10. The molecule has 0 aliphatic heterocycles. The molecule has 1 aromatic heterocycles. The molecule has 3 aromatic carbocycles. The SMILES string of the molecule is COc1ccc(-c2nnc(SCc3ccc(OC(F)(F)C(F)F)cc3)n2-c2ccccc2)cc1. The molecule has 0 atom stereocenters. The van der Waals surface area contributed by atoms with E-state index in [1.165, 1.54) is 36.0 Å². The van der Waals surface area contributed by atoms with E-state index < -0.39 is 12.5 Å². The zero-order valence-corrected chi connectivity index (χ0v) is 18.7. The highest BCUT2D eigenvalue weighted by Crippen LogP contribution is 2.32. The van der Waals surface area contributed by atoms with Crippen LogP contribution >= 0.6 is 11.8 Å². The van der Waals surface area contributed by atoms with Crippen molar-refractivity contribution in [1.82, 2.24) is 14.8 Å². The van der Waals surface area contributed by atoms with Gasteiger partial charge in [-0.1, -0.05) is 42.1 Å². The third kappa shape index (κ3) is 5.33. The molecule has 176 valence electrons. The zero-order chi connectivity index (χ0) is 24.1. The summed E-state index contributed by atoms with van der Waals surface area (Å²) >= 11 is 1.40. The molecule has 0 bridgehead atoms. The zero-order valence-electron chi connectivity index (χ0n) is 17.9. The number of methoxy groups -OCH3 is 1. The average molecular weight is 489 g/mol. The Bertz CT molecular complexity index is 1220. The van der Waals surface area contributed by atoms with Crippen molar-refractivity contribution in [2.24, 2.45) is 0 Å². The highest BCUT2D eigenvalue weighted by atomic mass is 32.2. The second kappa shape index (κ2) is 10.2. The van der Waals surface area contributed by atoms with E-state index in [1.807, 2.05) is 59.2 Å². The van der Waals surface area contributed by atoms with Gasteiger partial charge in [0.1, 0.15) is 11.5 Å². The van der Waals surface area contributed by atoms with E-state index >= 15 is 0 Å². The predicted octanol–water partition coefficient (Wildman–Crippen LogP) is 6.47. The molecule has 4 rings (SSSR count). The molecule has 0 unspecified atom stereocenters. The molecule has 0 N–H and O–H groups in total. The van der Waals surface area contributed by atoms with Crippen LogP contribution in [0.4, 0.5) is 17.6 Å². The van der Waals surface area contributed by atoms with Crippen LogP contribution in [0.15, 0.2) is 84.0 Å². The number of benzene rings is 3.